The van der Waals surface area contributed by atoms with Crippen LogP contribution < -0.4 is 5.32 Å². The highest BCUT2D eigenvalue weighted by Crippen LogP contribution is 2.59. The van der Waals surface area contributed by atoms with Crippen LogP contribution in [-0.4, -0.2) is 13.8 Å². The maximum absolute atomic E-state index is 4.96. The molecule has 0 saturated heterocycles. The number of ether oxygens (including phenoxy) is 1. The molecule has 18 heavy (non-hydrogen) atoms. The average Bonchev–Trinajstić information content (AvgIpc) is 3.07. The number of hydrogen-bond acceptors (Lipinski definition) is 2. The van der Waals surface area contributed by atoms with Crippen molar-refractivity contribution < 1.29 is 4.74 Å². The van der Waals surface area contributed by atoms with E-state index >= 15 is 0 Å². The van der Waals surface area contributed by atoms with Gasteiger partial charge in [-0.1, -0.05) is 50.3 Å². The molecule has 1 N–H and O–H groups in total. The fourth-order valence-corrected chi connectivity index (χ4v) is 2.72. The summed E-state index contributed by atoms with van der Waals surface area (Å²) in [6.45, 7) is 5.25. The lowest BCUT2D eigenvalue weighted by atomic mass is 9.91. The van der Waals surface area contributed by atoms with Crippen LogP contribution in [0.1, 0.15) is 31.7 Å². The number of benzene rings is 1. The third-order valence-corrected chi connectivity index (χ3v) is 4.09. The van der Waals surface area contributed by atoms with Crippen molar-refractivity contribution >= 4 is 0 Å². The molecule has 98 valence electrons. The van der Waals surface area contributed by atoms with E-state index in [1.54, 1.807) is 7.11 Å². The first kappa shape index (κ1) is 13.2. The zero-order valence-corrected chi connectivity index (χ0v) is 11.5. The second kappa shape index (κ2) is 5.57. The fraction of sp³-hybridized carbons (Fsp3) is 0.500. The molecule has 0 heterocycles. The topological polar surface area (TPSA) is 21.3 Å². The van der Waals surface area contributed by atoms with Gasteiger partial charge in [-0.2, -0.15) is 0 Å². The Morgan fingerprint density at radius 1 is 1.44 bits per heavy atom. The lowest BCUT2D eigenvalue weighted by Crippen LogP contribution is -2.10. The van der Waals surface area contributed by atoms with Crippen molar-refractivity contribution in [3.8, 4) is 0 Å². The minimum Gasteiger partial charge on any atom is -0.369 e. The van der Waals surface area contributed by atoms with Crippen LogP contribution in [0.4, 0.5) is 0 Å². The molecule has 2 heteroatoms. The van der Waals surface area contributed by atoms with E-state index in [1.807, 2.05) is 6.20 Å². The standard InChI is InChI=1S/C16H23NO/c1-13(14-7-5-4-6-8-14)15-11-16(15,2)9-10-17-12-18-3/h4-10,13,15,17H,11-12H2,1-3H3/b10-9-/t13?,15-,16-/m0/s1. The first-order chi connectivity index (χ1) is 8.67. The molecule has 1 saturated carbocycles. The monoisotopic (exact) mass is 245 g/mol. The Kier molecular flexibility index (Phi) is 4.07. The van der Waals surface area contributed by atoms with Crippen LogP contribution in [-0.2, 0) is 4.74 Å². The largest absolute Gasteiger partial charge is 0.369 e. The summed E-state index contributed by atoms with van der Waals surface area (Å²) in [5.74, 6) is 1.38. The number of allylic oxidation sites excluding steroid dienone is 1. The first-order valence-electron chi connectivity index (χ1n) is 6.62. The quantitative estimate of drug-likeness (QED) is 0.611. The molecule has 1 unspecified atom stereocenters. The third kappa shape index (κ3) is 2.94. The summed E-state index contributed by atoms with van der Waals surface area (Å²) in [6.07, 6.45) is 5.59. The molecule has 1 aliphatic carbocycles. The second-order valence-electron chi connectivity index (χ2n) is 5.49. The van der Waals surface area contributed by atoms with Gasteiger partial charge in [0.15, 0.2) is 0 Å². The second-order valence-corrected chi connectivity index (χ2v) is 5.49. The van der Waals surface area contributed by atoms with Crippen molar-refractivity contribution in [2.45, 2.75) is 26.2 Å². The van der Waals surface area contributed by atoms with Crippen LogP contribution in [0.3, 0.4) is 0 Å². The van der Waals surface area contributed by atoms with Gasteiger partial charge in [-0.3, -0.25) is 0 Å². The molecule has 1 aromatic rings. The van der Waals surface area contributed by atoms with E-state index < -0.39 is 0 Å². The highest BCUT2D eigenvalue weighted by Gasteiger charge is 2.50. The van der Waals surface area contributed by atoms with Gasteiger partial charge in [-0.05, 0) is 35.4 Å². The molecule has 0 aliphatic heterocycles. The van der Waals surface area contributed by atoms with Crippen molar-refractivity contribution in [1.82, 2.24) is 5.32 Å². The van der Waals surface area contributed by atoms with E-state index in [0.29, 0.717) is 18.1 Å². The molecular formula is C16H23NO. The minimum absolute atomic E-state index is 0.343. The minimum atomic E-state index is 0.343. The highest BCUT2D eigenvalue weighted by atomic mass is 16.5. The normalized spacial score (nSPS) is 28.3. The number of hydrogen-bond donors (Lipinski definition) is 1. The number of rotatable bonds is 6. The van der Waals surface area contributed by atoms with E-state index in [1.165, 1.54) is 12.0 Å². The molecule has 0 bridgehead atoms. The lowest BCUT2D eigenvalue weighted by Gasteiger charge is -2.14. The van der Waals surface area contributed by atoms with E-state index in [9.17, 15) is 0 Å². The predicted molar refractivity (Wildman–Crippen MR) is 75.2 cm³/mol. The van der Waals surface area contributed by atoms with Gasteiger partial charge in [0.05, 0.1) is 0 Å². The number of methoxy groups -OCH3 is 1. The zero-order chi connectivity index (χ0) is 13.0. The van der Waals surface area contributed by atoms with Crippen molar-refractivity contribution in [1.29, 1.82) is 0 Å². The van der Waals surface area contributed by atoms with Gasteiger partial charge in [0.2, 0.25) is 0 Å². The summed E-state index contributed by atoms with van der Waals surface area (Å²) in [5, 5.41) is 3.13. The maximum Gasteiger partial charge on any atom is 0.115 e. The van der Waals surface area contributed by atoms with Crippen molar-refractivity contribution in [2.24, 2.45) is 11.3 Å². The zero-order valence-electron chi connectivity index (χ0n) is 11.5. The van der Waals surface area contributed by atoms with E-state index in [4.69, 9.17) is 4.74 Å². The van der Waals surface area contributed by atoms with Crippen LogP contribution >= 0.6 is 0 Å². The van der Waals surface area contributed by atoms with Gasteiger partial charge in [0.1, 0.15) is 6.73 Å². The Bertz CT molecular complexity index is 401. The SMILES string of the molecule is COCN/C=C\[C@@]1(C)C[C@H]1C(C)c1ccccc1. The summed E-state index contributed by atoms with van der Waals surface area (Å²) in [7, 11) is 1.69. The average molecular weight is 245 g/mol. The molecular weight excluding hydrogens is 222 g/mol. The van der Waals surface area contributed by atoms with Gasteiger partial charge in [-0.15, -0.1) is 0 Å². The molecule has 3 atom stereocenters. The van der Waals surface area contributed by atoms with Gasteiger partial charge >= 0.3 is 0 Å². The van der Waals surface area contributed by atoms with Crippen LogP contribution in [0.15, 0.2) is 42.6 Å². The molecule has 0 amide bonds. The Morgan fingerprint density at radius 2 is 2.17 bits per heavy atom. The van der Waals surface area contributed by atoms with Crippen LogP contribution in [0.25, 0.3) is 0 Å². The van der Waals surface area contributed by atoms with Gasteiger partial charge < -0.3 is 10.1 Å². The summed E-state index contributed by atoms with van der Waals surface area (Å²) < 4.78 is 4.96. The van der Waals surface area contributed by atoms with Crippen LogP contribution in [0.2, 0.25) is 0 Å². The summed E-state index contributed by atoms with van der Waals surface area (Å²) >= 11 is 0. The van der Waals surface area contributed by atoms with Crippen molar-refractivity contribution in [2.75, 3.05) is 13.8 Å². The van der Waals surface area contributed by atoms with Gasteiger partial charge in [-0.25, -0.2) is 0 Å². The third-order valence-electron chi connectivity index (χ3n) is 4.09. The first-order valence-corrected chi connectivity index (χ1v) is 6.62. The summed E-state index contributed by atoms with van der Waals surface area (Å²) in [5.41, 5.74) is 1.79. The molecule has 0 radical (unpaired) electrons. The lowest BCUT2D eigenvalue weighted by molar-refractivity contribution is 0.187. The van der Waals surface area contributed by atoms with Crippen LogP contribution in [0, 0.1) is 11.3 Å². The van der Waals surface area contributed by atoms with Gasteiger partial charge in [0.25, 0.3) is 0 Å². The molecule has 0 aromatic heterocycles. The van der Waals surface area contributed by atoms with E-state index in [-0.39, 0.29) is 0 Å². The molecule has 1 aliphatic rings. The summed E-state index contributed by atoms with van der Waals surface area (Å²) in [6, 6.07) is 10.8. The molecule has 2 nitrogen and oxygen atoms in total. The summed E-state index contributed by atoms with van der Waals surface area (Å²) in [4.78, 5) is 0. The highest BCUT2D eigenvalue weighted by molar-refractivity contribution is 5.25. The maximum atomic E-state index is 4.96. The molecule has 0 spiro atoms. The Hall–Kier alpha value is -1.28. The van der Waals surface area contributed by atoms with E-state index in [2.05, 4.69) is 55.6 Å². The fourth-order valence-electron chi connectivity index (χ4n) is 2.72. The number of nitrogens with one attached hydrogen (secondary N) is 1. The molecule has 2 rings (SSSR count). The van der Waals surface area contributed by atoms with E-state index in [0.717, 1.165) is 5.92 Å². The Morgan fingerprint density at radius 3 is 2.83 bits per heavy atom. The Labute approximate surface area is 110 Å². The molecule has 1 fully saturated rings. The predicted octanol–water partition coefficient (Wildman–Crippen LogP) is 3.52. The van der Waals surface area contributed by atoms with Gasteiger partial charge in [0, 0.05) is 7.11 Å². The van der Waals surface area contributed by atoms with Crippen molar-refractivity contribution in [3.63, 3.8) is 0 Å². The van der Waals surface area contributed by atoms with Crippen molar-refractivity contribution in [3.05, 3.63) is 48.2 Å². The molecule has 1 aromatic carbocycles. The Balaban J connectivity index is 1.91. The van der Waals surface area contributed by atoms with Crippen LogP contribution in [0.5, 0.6) is 0 Å². The smallest absolute Gasteiger partial charge is 0.115 e.